The van der Waals surface area contributed by atoms with Crippen LogP contribution >= 0.6 is 0 Å². The van der Waals surface area contributed by atoms with Crippen molar-refractivity contribution in [3.8, 4) is 11.1 Å². The molecule has 0 aliphatic carbocycles. The first-order chi connectivity index (χ1) is 11.5. The quantitative estimate of drug-likeness (QED) is 0.638. The van der Waals surface area contributed by atoms with Crippen LogP contribution in [-0.2, 0) is 13.5 Å². The van der Waals surface area contributed by atoms with Crippen LogP contribution in [0.2, 0.25) is 0 Å². The Morgan fingerprint density at radius 1 is 1.38 bits per heavy atom. The first-order valence-electron chi connectivity index (χ1n) is 7.61. The Morgan fingerprint density at radius 3 is 2.62 bits per heavy atom. The molecule has 1 atom stereocenters. The van der Waals surface area contributed by atoms with Gasteiger partial charge in [0, 0.05) is 19.2 Å². The summed E-state index contributed by atoms with van der Waals surface area (Å²) in [6.07, 6.45) is -0.377. The van der Waals surface area contributed by atoms with Gasteiger partial charge in [-0.1, -0.05) is 19.1 Å². The predicted octanol–water partition coefficient (Wildman–Crippen LogP) is 1.26. The number of hydrogen-bond acceptors (Lipinski definition) is 4. The molecule has 0 aliphatic rings. The van der Waals surface area contributed by atoms with Crippen LogP contribution in [0, 0.1) is 5.82 Å². The number of hydrogen-bond donors (Lipinski definition) is 4. The van der Waals surface area contributed by atoms with Crippen LogP contribution in [0.4, 0.5) is 15.0 Å². The van der Waals surface area contributed by atoms with Crippen molar-refractivity contribution in [1.29, 1.82) is 0 Å². The summed E-state index contributed by atoms with van der Waals surface area (Å²) in [4.78, 5) is 12.0. The van der Waals surface area contributed by atoms with Gasteiger partial charge >= 0.3 is 6.03 Å². The Hall–Kier alpha value is -2.45. The summed E-state index contributed by atoms with van der Waals surface area (Å²) in [5.74, 6) is 0.125. The third-order valence-electron chi connectivity index (χ3n) is 3.53. The summed E-state index contributed by atoms with van der Waals surface area (Å²) in [5.41, 5.74) is 2.24. The third-order valence-corrected chi connectivity index (χ3v) is 3.53. The van der Waals surface area contributed by atoms with Gasteiger partial charge in [0.05, 0.1) is 18.4 Å². The second kappa shape index (κ2) is 7.89. The van der Waals surface area contributed by atoms with Crippen molar-refractivity contribution in [1.82, 2.24) is 15.1 Å². The lowest BCUT2D eigenvalue weighted by Gasteiger charge is -2.12. The van der Waals surface area contributed by atoms with Gasteiger partial charge in [-0.3, -0.25) is 10.00 Å². The average molecular weight is 336 g/mol. The zero-order valence-corrected chi connectivity index (χ0v) is 13.6. The van der Waals surface area contributed by atoms with E-state index < -0.39 is 18.7 Å². The molecule has 4 N–H and O–H groups in total. The standard InChI is InChI=1S/C16H21FN4O3/c1-3-13-14(10-4-6-11(17)7-5-10)15(21(2)20-13)19-16(24)18-8-12(23)9-22/h4-7,12,22-23H,3,8-9H2,1-2H3,(H2,18,19,24)/t12-/m0/s1. The Bertz CT molecular complexity index is 700. The van der Waals surface area contributed by atoms with Gasteiger partial charge in [0.2, 0.25) is 0 Å². The third kappa shape index (κ3) is 4.09. The topological polar surface area (TPSA) is 99.4 Å². The number of aryl methyl sites for hydroxylation is 2. The largest absolute Gasteiger partial charge is 0.394 e. The first kappa shape index (κ1) is 17.9. The number of carbonyl (C=O) groups is 1. The van der Waals surface area contributed by atoms with E-state index in [1.807, 2.05) is 6.92 Å². The second-order valence-electron chi connectivity index (χ2n) is 5.33. The van der Waals surface area contributed by atoms with Crippen LogP contribution < -0.4 is 10.6 Å². The second-order valence-corrected chi connectivity index (χ2v) is 5.33. The highest BCUT2D eigenvalue weighted by Gasteiger charge is 2.19. The summed E-state index contributed by atoms with van der Waals surface area (Å²) in [7, 11) is 1.70. The number of aliphatic hydroxyl groups is 2. The number of nitrogens with one attached hydrogen (secondary N) is 2. The Balaban J connectivity index is 2.27. The van der Waals surface area contributed by atoms with Crippen molar-refractivity contribution >= 4 is 11.8 Å². The fraction of sp³-hybridized carbons (Fsp3) is 0.375. The minimum Gasteiger partial charge on any atom is -0.394 e. The highest BCUT2D eigenvalue weighted by Crippen LogP contribution is 2.31. The molecule has 24 heavy (non-hydrogen) atoms. The summed E-state index contributed by atoms with van der Waals surface area (Å²) in [6.45, 7) is 1.43. The lowest BCUT2D eigenvalue weighted by Crippen LogP contribution is -2.37. The van der Waals surface area contributed by atoms with Crippen molar-refractivity contribution < 1.29 is 19.4 Å². The van der Waals surface area contributed by atoms with E-state index in [0.29, 0.717) is 12.2 Å². The number of halogens is 1. The predicted molar refractivity (Wildman–Crippen MR) is 88.1 cm³/mol. The van der Waals surface area contributed by atoms with E-state index in [9.17, 15) is 14.3 Å². The summed E-state index contributed by atoms with van der Waals surface area (Å²) >= 11 is 0. The van der Waals surface area contributed by atoms with Gasteiger partial charge in [-0.15, -0.1) is 0 Å². The van der Waals surface area contributed by atoms with Crippen molar-refractivity contribution in [2.45, 2.75) is 19.4 Å². The Labute approximate surface area is 139 Å². The van der Waals surface area contributed by atoms with Crippen molar-refractivity contribution in [3.63, 3.8) is 0 Å². The monoisotopic (exact) mass is 336 g/mol. The van der Waals surface area contributed by atoms with E-state index >= 15 is 0 Å². The van der Waals surface area contributed by atoms with Crippen molar-refractivity contribution in [3.05, 3.63) is 35.8 Å². The summed E-state index contributed by atoms with van der Waals surface area (Å²) in [6, 6.07) is 5.43. The molecule has 8 heteroatoms. The normalized spacial score (nSPS) is 12.0. The molecule has 0 unspecified atom stereocenters. The lowest BCUT2D eigenvalue weighted by molar-refractivity contribution is 0.0965. The molecule has 0 saturated heterocycles. The van der Waals surface area contributed by atoms with Crippen LogP contribution in [0.5, 0.6) is 0 Å². The molecule has 7 nitrogen and oxygen atoms in total. The van der Waals surface area contributed by atoms with E-state index in [2.05, 4.69) is 15.7 Å². The molecule has 0 spiro atoms. The smallest absolute Gasteiger partial charge is 0.320 e. The number of rotatable bonds is 6. The van der Waals surface area contributed by atoms with E-state index in [0.717, 1.165) is 16.8 Å². The van der Waals surface area contributed by atoms with Crippen LogP contribution in [0.1, 0.15) is 12.6 Å². The van der Waals surface area contributed by atoms with Crippen LogP contribution in [0.25, 0.3) is 11.1 Å². The molecule has 0 saturated carbocycles. The highest BCUT2D eigenvalue weighted by atomic mass is 19.1. The maximum Gasteiger partial charge on any atom is 0.320 e. The molecular weight excluding hydrogens is 315 g/mol. The Kier molecular flexibility index (Phi) is 5.88. The van der Waals surface area contributed by atoms with E-state index in [-0.39, 0.29) is 12.4 Å². The van der Waals surface area contributed by atoms with Gasteiger partial charge in [0.1, 0.15) is 11.6 Å². The van der Waals surface area contributed by atoms with Gasteiger partial charge in [-0.2, -0.15) is 5.10 Å². The molecular formula is C16H21FN4O3. The van der Waals surface area contributed by atoms with Crippen molar-refractivity contribution in [2.24, 2.45) is 7.05 Å². The minimum absolute atomic E-state index is 0.0767. The number of urea groups is 1. The number of amides is 2. The fourth-order valence-electron chi connectivity index (χ4n) is 2.32. The molecule has 2 amide bonds. The van der Waals surface area contributed by atoms with Gasteiger partial charge in [0.15, 0.2) is 0 Å². The fourth-order valence-corrected chi connectivity index (χ4v) is 2.32. The molecule has 2 rings (SSSR count). The molecule has 1 aromatic heterocycles. The number of nitrogens with zero attached hydrogens (tertiary/aromatic N) is 2. The molecule has 0 fully saturated rings. The zero-order chi connectivity index (χ0) is 17.7. The average Bonchev–Trinajstić information content (AvgIpc) is 2.89. The van der Waals surface area contributed by atoms with Gasteiger partial charge in [-0.25, -0.2) is 9.18 Å². The number of anilines is 1. The van der Waals surface area contributed by atoms with Gasteiger partial charge in [0.25, 0.3) is 0 Å². The molecule has 1 heterocycles. The summed E-state index contributed by atoms with van der Waals surface area (Å²) < 4.78 is 14.7. The SMILES string of the molecule is CCc1nn(C)c(NC(=O)NC[C@H](O)CO)c1-c1ccc(F)cc1. The highest BCUT2D eigenvalue weighted by molar-refractivity contribution is 5.93. The summed E-state index contributed by atoms with van der Waals surface area (Å²) in [5, 5.41) is 27.6. The maximum atomic E-state index is 13.2. The van der Waals surface area contributed by atoms with Crippen LogP contribution in [0.3, 0.4) is 0 Å². The molecule has 0 aliphatic heterocycles. The molecule has 1 aromatic carbocycles. The molecule has 0 bridgehead atoms. The van der Waals surface area contributed by atoms with Crippen molar-refractivity contribution in [2.75, 3.05) is 18.5 Å². The maximum absolute atomic E-state index is 13.2. The van der Waals surface area contributed by atoms with Crippen LogP contribution in [0.15, 0.2) is 24.3 Å². The zero-order valence-electron chi connectivity index (χ0n) is 13.6. The van der Waals surface area contributed by atoms with E-state index in [4.69, 9.17) is 5.11 Å². The number of carbonyl (C=O) groups excluding carboxylic acids is 1. The number of aliphatic hydroxyl groups excluding tert-OH is 2. The van der Waals surface area contributed by atoms with Crippen LogP contribution in [-0.4, -0.2) is 45.3 Å². The molecule has 130 valence electrons. The first-order valence-corrected chi connectivity index (χ1v) is 7.61. The molecule has 0 radical (unpaired) electrons. The van der Waals surface area contributed by atoms with E-state index in [1.54, 1.807) is 23.9 Å². The molecule has 2 aromatic rings. The minimum atomic E-state index is -1.02. The Morgan fingerprint density at radius 2 is 2.04 bits per heavy atom. The van der Waals surface area contributed by atoms with Gasteiger partial charge in [-0.05, 0) is 24.1 Å². The number of aromatic nitrogens is 2. The van der Waals surface area contributed by atoms with E-state index in [1.165, 1.54) is 12.1 Å². The lowest BCUT2D eigenvalue weighted by atomic mass is 10.0. The van der Waals surface area contributed by atoms with Gasteiger partial charge < -0.3 is 15.5 Å². The number of benzene rings is 1.